The van der Waals surface area contributed by atoms with Crippen molar-refractivity contribution in [2.45, 2.75) is 13.5 Å². The molecule has 7 heteroatoms. The molecule has 0 atom stereocenters. The van der Waals surface area contributed by atoms with Gasteiger partial charge >= 0.3 is 0 Å². The van der Waals surface area contributed by atoms with Gasteiger partial charge in [0.2, 0.25) is 5.91 Å². The van der Waals surface area contributed by atoms with Gasteiger partial charge in [-0.3, -0.25) is 19.8 Å². The van der Waals surface area contributed by atoms with E-state index in [0.29, 0.717) is 18.7 Å². The number of nitrogens with zero attached hydrogens (tertiary/aromatic N) is 2. The third kappa shape index (κ3) is 3.42. The van der Waals surface area contributed by atoms with Gasteiger partial charge in [0.15, 0.2) is 0 Å². The number of nitrogens with two attached hydrogens (primary N) is 2. The lowest BCUT2D eigenvalue weighted by molar-refractivity contribution is -0.384. The van der Waals surface area contributed by atoms with Gasteiger partial charge in [-0.15, -0.1) is 0 Å². The minimum absolute atomic E-state index is 0.0959. The third-order valence-electron chi connectivity index (χ3n) is 2.59. The first-order chi connectivity index (χ1) is 8.45. The second-order valence-corrected chi connectivity index (χ2v) is 3.88. The molecule has 0 aliphatic heterocycles. The van der Waals surface area contributed by atoms with Crippen LogP contribution >= 0.6 is 0 Å². The molecule has 0 saturated heterocycles. The minimum Gasteiger partial charge on any atom is -0.393 e. The summed E-state index contributed by atoms with van der Waals surface area (Å²) in [6.07, 6.45) is 0. The van der Waals surface area contributed by atoms with Gasteiger partial charge < -0.3 is 11.5 Å². The van der Waals surface area contributed by atoms with Crippen LogP contribution in [0.5, 0.6) is 0 Å². The number of rotatable bonds is 6. The van der Waals surface area contributed by atoms with Crippen LogP contribution in [0.3, 0.4) is 0 Å². The number of nitrogen functional groups attached to an aromatic ring is 1. The van der Waals surface area contributed by atoms with Crippen LogP contribution < -0.4 is 11.5 Å². The lowest BCUT2D eigenvalue weighted by Crippen LogP contribution is -2.33. The summed E-state index contributed by atoms with van der Waals surface area (Å²) in [5, 5.41) is 10.7. The molecule has 0 aromatic heterocycles. The summed E-state index contributed by atoms with van der Waals surface area (Å²) in [5.74, 6) is -0.444. The van der Waals surface area contributed by atoms with Crippen molar-refractivity contribution in [2.75, 3.05) is 18.8 Å². The first-order valence-corrected chi connectivity index (χ1v) is 5.48. The number of hydrogen-bond donors (Lipinski definition) is 2. The van der Waals surface area contributed by atoms with Crippen LogP contribution in [0, 0.1) is 10.1 Å². The van der Waals surface area contributed by atoms with Crippen molar-refractivity contribution in [3.05, 3.63) is 33.9 Å². The highest BCUT2D eigenvalue weighted by atomic mass is 16.6. The van der Waals surface area contributed by atoms with E-state index in [1.807, 2.05) is 6.92 Å². The number of benzene rings is 1. The highest BCUT2D eigenvalue weighted by Gasteiger charge is 2.16. The second-order valence-electron chi connectivity index (χ2n) is 3.88. The fourth-order valence-electron chi connectivity index (χ4n) is 1.64. The SMILES string of the molecule is CCN(CC(N)=O)Cc1cccc([N+](=O)[O-])c1N. The van der Waals surface area contributed by atoms with Gasteiger partial charge in [0.05, 0.1) is 11.5 Å². The maximum Gasteiger partial charge on any atom is 0.292 e. The molecule has 0 bridgehead atoms. The number of likely N-dealkylation sites (N-methyl/N-ethyl adjacent to an activating group) is 1. The summed E-state index contributed by atoms with van der Waals surface area (Å²) in [5.41, 5.74) is 11.5. The molecule has 1 aromatic rings. The number of nitro groups is 1. The number of nitro benzene ring substituents is 1. The lowest BCUT2D eigenvalue weighted by Gasteiger charge is -2.19. The molecule has 0 spiro atoms. The molecule has 0 radical (unpaired) electrons. The van der Waals surface area contributed by atoms with E-state index >= 15 is 0 Å². The van der Waals surface area contributed by atoms with E-state index < -0.39 is 10.8 Å². The average Bonchev–Trinajstić information content (AvgIpc) is 2.29. The Balaban J connectivity index is 2.93. The number of primary amides is 1. The molecule has 1 aromatic carbocycles. The lowest BCUT2D eigenvalue weighted by atomic mass is 10.1. The van der Waals surface area contributed by atoms with Crippen LogP contribution in [-0.4, -0.2) is 28.8 Å². The van der Waals surface area contributed by atoms with Gasteiger partial charge in [-0.1, -0.05) is 19.1 Å². The van der Waals surface area contributed by atoms with Crippen LogP contribution in [0.1, 0.15) is 12.5 Å². The number of carbonyl (C=O) groups excluding carboxylic acids is 1. The van der Waals surface area contributed by atoms with Crippen molar-refractivity contribution < 1.29 is 9.72 Å². The predicted octanol–water partition coefficient (Wildman–Crippen LogP) is 0.484. The Hall–Kier alpha value is -2.15. The molecule has 1 rings (SSSR count). The van der Waals surface area contributed by atoms with E-state index in [9.17, 15) is 14.9 Å². The Morgan fingerprint density at radius 3 is 2.67 bits per heavy atom. The topological polar surface area (TPSA) is 115 Å². The average molecular weight is 252 g/mol. The van der Waals surface area contributed by atoms with E-state index in [1.54, 1.807) is 17.0 Å². The molecule has 0 heterocycles. The highest BCUT2D eigenvalue weighted by molar-refractivity contribution is 5.76. The molecule has 0 aliphatic carbocycles. The normalized spacial score (nSPS) is 10.6. The summed E-state index contributed by atoms with van der Waals surface area (Å²) < 4.78 is 0. The standard InChI is InChI=1S/C11H16N4O3/c1-2-14(7-10(12)16)6-8-4-3-5-9(11(8)13)15(17)18/h3-5H,2,6-7,13H2,1H3,(H2,12,16). The summed E-state index contributed by atoms with van der Waals surface area (Å²) in [4.78, 5) is 22.8. The number of anilines is 1. The Bertz CT molecular complexity index is 462. The third-order valence-corrected chi connectivity index (χ3v) is 2.59. The fraction of sp³-hybridized carbons (Fsp3) is 0.364. The molecule has 0 saturated carbocycles. The van der Waals surface area contributed by atoms with Crippen LogP contribution in [0.4, 0.5) is 11.4 Å². The largest absolute Gasteiger partial charge is 0.393 e. The second kappa shape index (κ2) is 5.97. The van der Waals surface area contributed by atoms with Gasteiger partial charge in [-0.05, 0) is 12.1 Å². The highest BCUT2D eigenvalue weighted by Crippen LogP contribution is 2.25. The Morgan fingerprint density at radius 1 is 1.50 bits per heavy atom. The minimum atomic E-state index is -0.525. The van der Waals surface area contributed by atoms with Crippen molar-refractivity contribution in [2.24, 2.45) is 5.73 Å². The van der Waals surface area contributed by atoms with E-state index in [0.717, 1.165) is 0 Å². The number of carbonyl (C=O) groups is 1. The molecular weight excluding hydrogens is 236 g/mol. The molecule has 1 amide bonds. The Morgan fingerprint density at radius 2 is 2.17 bits per heavy atom. The number of para-hydroxylation sites is 1. The van der Waals surface area contributed by atoms with E-state index in [1.165, 1.54) is 6.07 Å². The predicted molar refractivity (Wildman–Crippen MR) is 67.7 cm³/mol. The van der Waals surface area contributed by atoms with Crippen molar-refractivity contribution in [3.63, 3.8) is 0 Å². The van der Waals surface area contributed by atoms with Crippen molar-refractivity contribution in [3.8, 4) is 0 Å². The van der Waals surface area contributed by atoms with Gasteiger partial charge in [-0.2, -0.15) is 0 Å². The van der Waals surface area contributed by atoms with Crippen LogP contribution in [0.2, 0.25) is 0 Å². The quantitative estimate of drug-likeness (QED) is 0.434. The molecule has 98 valence electrons. The Labute approximate surface area is 105 Å². The zero-order chi connectivity index (χ0) is 13.7. The monoisotopic (exact) mass is 252 g/mol. The summed E-state index contributed by atoms with van der Waals surface area (Å²) in [7, 11) is 0. The van der Waals surface area contributed by atoms with E-state index in [4.69, 9.17) is 11.5 Å². The molecule has 0 fully saturated rings. The number of hydrogen-bond acceptors (Lipinski definition) is 5. The van der Waals surface area contributed by atoms with E-state index in [2.05, 4.69) is 0 Å². The van der Waals surface area contributed by atoms with Gasteiger partial charge in [-0.25, -0.2) is 0 Å². The van der Waals surface area contributed by atoms with E-state index in [-0.39, 0.29) is 17.9 Å². The van der Waals surface area contributed by atoms with Crippen molar-refractivity contribution in [1.29, 1.82) is 0 Å². The van der Waals surface area contributed by atoms with Gasteiger partial charge in [0.1, 0.15) is 5.69 Å². The summed E-state index contributed by atoms with van der Waals surface area (Å²) >= 11 is 0. The van der Waals surface area contributed by atoms with Crippen LogP contribution in [0.15, 0.2) is 18.2 Å². The van der Waals surface area contributed by atoms with Gasteiger partial charge in [0, 0.05) is 12.6 Å². The first kappa shape index (κ1) is 13.9. The first-order valence-electron chi connectivity index (χ1n) is 5.48. The molecule has 18 heavy (non-hydrogen) atoms. The molecule has 0 aliphatic rings. The van der Waals surface area contributed by atoms with Gasteiger partial charge in [0.25, 0.3) is 5.69 Å². The molecule has 4 N–H and O–H groups in total. The zero-order valence-electron chi connectivity index (χ0n) is 10.1. The van der Waals surface area contributed by atoms with Crippen molar-refractivity contribution in [1.82, 2.24) is 4.90 Å². The maximum absolute atomic E-state index is 10.9. The molecule has 7 nitrogen and oxygen atoms in total. The van der Waals surface area contributed by atoms with Crippen LogP contribution in [-0.2, 0) is 11.3 Å². The maximum atomic E-state index is 10.9. The Kier molecular flexibility index (Phi) is 4.61. The summed E-state index contributed by atoms with van der Waals surface area (Å²) in [6, 6.07) is 4.62. The smallest absolute Gasteiger partial charge is 0.292 e. The number of amides is 1. The molecular formula is C11H16N4O3. The fourth-order valence-corrected chi connectivity index (χ4v) is 1.64. The molecule has 0 unspecified atom stereocenters. The van der Waals surface area contributed by atoms with Crippen LogP contribution in [0.25, 0.3) is 0 Å². The zero-order valence-corrected chi connectivity index (χ0v) is 10.1. The van der Waals surface area contributed by atoms with Crippen molar-refractivity contribution >= 4 is 17.3 Å². The summed E-state index contributed by atoms with van der Waals surface area (Å²) in [6.45, 7) is 2.92.